The molecular weight excluding hydrogens is 1210 g/mol. The number of likely N-dealkylation sites (tertiary alicyclic amines) is 1. The lowest BCUT2D eigenvalue weighted by atomic mass is 9.89. The van der Waals surface area contributed by atoms with Gasteiger partial charge in [-0.1, -0.05) is 97.4 Å². The Bertz CT molecular complexity index is 2820. The number of nitrogens with two attached hydrogens (primary N) is 2. The van der Waals surface area contributed by atoms with Crippen LogP contribution in [0.3, 0.4) is 0 Å². The second kappa shape index (κ2) is 41.5. The Kier molecular flexibility index (Phi) is 34.9. The van der Waals surface area contributed by atoms with Gasteiger partial charge in [0.1, 0.15) is 18.1 Å². The van der Waals surface area contributed by atoms with Crippen molar-refractivity contribution in [3.63, 3.8) is 0 Å². The largest absolute Gasteiger partial charge is 0.397 e. The fourth-order valence-electron chi connectivity index (χ4n) is 11.3. The van der Waals surface area contributed by atoms with Crippen LogP contribution in [-0.2, 0) is 79.8 Å². The molecule has 1 heterocycles. The van der Waals surface area contributed by atoms with Crippen molar-refractivity contribution < 1.29 is 71.6 Å². The van der Waals surface area contributed by atoms with Crippen molar-refractivity contribution in [1.82, 2.24) is 41.4 Å². The maximum atomic E-state index is 14.6. The molecule has 3 aromatic carbocycles. The van der Waals surface area contributed by atoms with Crippen molar-refractivity contribution in [2.75, 3.05) is 118 Å². The molecule has 8 amide bonds. The summed E-state index contributed by atoms with van der Waals surface area (Å²) in [7, 11) is 8.42. The minimum atomic E-state index is -1.07. The van der Waals surface area contributed by atoms with Gasteiger partial charge in [0, 0.05) is 58.4 Å². The quantitative estimate of drug-likeness (QED) is 0.0225. The summed E-state index contributed by atoms with van der Waals surface area (Å²) in [5.41, 5.74) is 17.0. The Morgan fingerprint density at radius 1 is 0.670 bits per heavy atom. The summed E-state index contributed by atoms with van der Waals surface area (Å²) in [5, 5.41) is 14.2. The highest BCUT2D eigenvalue weighted by molar-refractivity contribution is 5.97. The van der Waals surface area contributed by atoms with E-state index in [1.165, 1.54) is 20.3 Å². The number of nitrogens with one attached hydrogen (secondary N) is 6. The number of hydrogen-bond acceptors (Lipinski definition) is 18. The minimum Gasteiger partial charge on any atom is -0.397 e. The van der Waals surface area contributed by atoms with Gasteiger partial charge in [-0.3, -0.25) is 48.1 Å². The zero-order valence-corrected chi connectivity index (χ0v) is 57.5. The molecule has 10 unspecified atom stereocenters. The first-order chi connectivity index (χ1) is 44.8. The van der Waals surface area contributed by atoms with Gasteiger partial charge in [0.05, 0.1) is 114 Å². The molecule has 0 spiro atoms. The Morgan fingerprint density at radius 2 is 1.30 bits per heavy atom. The molecule has 1 aliphatic rings. The first-order valence-electron chi connectivity index (χ1n) is 32.6. The van der Waals surface area contributed by atoms with Crippen LogP contribution in [0, 0.1) is 23.7 Å². The van der Waals surface area contributed by atoms with E-state index in [9.17, 15) is 38.4 Å². The lowest BCUT2D eigenvalue weighted by Crippen LogP contribution is -2.59. The molecule has 0 aromatic heterocycles. The van der Waals surface area contributed by atoms with Crippen LogP contribution in [0.2, 0.25) is 0 Å². The highest BCUT2D eigenvalue weighted by atomic mass is 16.7. The predicted molar refractivity (Wildman–Crippen MR) is 358 cm³/mol. The number of carbonyl (C=O) groups excluding carboxylic acids is 8. The van der Waals surface area contributed by atoms with E-state index in [0.717, 1.165) is 5.56 Å². The molecule has 3 aromatic rings. The summed E-state index contributed by atoms with van der Waals surface area (Å²) < 4.78 is 34.1. The van der Waals surface area contributed by atoms with Gasteiger partial charge >= 0.3 is 0 Å². The highest BCUT2D eigenvalue weighted by Gasteiger charge is 2.44. The standard InChI is InChI=1S/C68H107N11O15/c1-14-45(6)61(78(11)68(87)59(43(2)3)75-67(86)60(44(4)5)77(9)10)56(88-12)41-58(81)79-30-18-21-55(79)62(89-13)46(7)63(82)74-54(39-48-19-16-15-17-20-48)66(85)76-94-42-49-22-25-51(26-23-49)73-64(83)47(8)72-57(80)28-31-90-33-35-92-37-38-93-36-34-91-32-29-71-65(84)50-24-27-52(69)53(70)40-50/h15-17,19-20,22-27,40,43-47,54-56,59-62H,14,18,21,28-39,41-42,69-70H2,1-13H3,(H,71,84)(H,72,80)(H,73,83)(H,74,82)(H,75,86)(H,76,85). The number of methoxy groups -OCH3 is 2. The predicted octanol–water partition coefficient (Wildman–Crippen LogP) is 4.10. The van der Waals surface area contributed by atoms with Gasteiger partial charge in [0.15, 0.2) is 0 Å². The van der Waals surface area contributed by atoms with E-state index in [4.69, 9.17) is 44.7 Å². The van der Waals surface area contributed by atoms with Gasteiger partial charge < -0.3 is 76.3 Å². The highest BCUT2D eigenvalue weighted by Crippen LogP contribution is 2.30. The third-order valence-corrected chi connectivity index (χ3v) is 16.7. The molecule has 0 radical (unpaired) electrons. The Morgan fingerprint density at radius 3 is 1.87 bits per heavy atom. The number of anilines is 3. The molecule has 4 rings (SSSR count). The van der Waals surface area contributed by atoms with Crippen LogP contribution in [-0.4, -0.2) is 212 Å². The van der Waals surface area contributed by atoms with Crippen LogP contribution in [0.25, 0.3) is 0 Å². The van der Waals surface area contributed by atoms with Gasteiger partial charge in [0.25, 0.3) is 11.8 Å². The van der Waals surface area contributed by atoms with Crippen molar-refractivity contribution in [1.29, 1.82) is 0 Å². The Labute approximate surface area is 555 Å². The molecule has 0 bridgehead atoms. The lowest BCUT2D eigenvalue weighted by molar-refractivity contribution is -0.148. The molecule has 1 aliphatic heterocycles. The second-order valence-electron chi connectivity index (χ2n) is 24.8. The number of nitrogens with zero attached hydrogens (tertiary/aromatic N) is 3. The third kappa shape index (κ3) is 25.8. The topological polar surface area (TPSA) is 335 Å². The fraction of sp³-hybridized carbons (Fsp3) is 0.618. The molecular formula is C68H107N11O15. The first kappa shape index (κ1) is 79.1. The van der Waals surface area contributed by atoms with Gasteiger partial charge in [-0.15, -0.1) is 0 Å². The summed E-state index contributed by atoms with van der Waals surface area (Å²) in [6.45, 7) is 18.1. The number of amides is 8. The van der Waals surface area contributed by atoms with Gasteiger partial charge in [0.2, 0.25) is 35.4 Å². The van der Waals surface area contributed by atoms with Crippen molar-refractivity contribution in [3.8, 4) is 0 Å². The smallest absolute Gasteiger partial charge is 0.266 e. The Balaban J connectivity index is 1.21. The van der Waals surface area contributed by atoms with E-state index in [0.29, 0.717) is 100 Å². The molecule has 1 saturated heterocycles. The maximum Gasteiger partial charge on any atom is 0.266 e. The summed E-state index contributed by atoms with van der Waals surface area (Å²) in [6, 6.07) is 16.5. The molecule has 10 atom stereocenters. The first-order valence-corrected chi connectivity index (χ1v) is 32.6. The number of hydrogen-bond donors (Lipinski definition) is 8. The van der Waals surface area contributed by atoms with E-state index in [2.05, 4.69) is 32.1 Å². The monoisotopic (exact) mass is 1320 g/mol. The van der Waals surface area contributed by atoms with Gasteiger partial charge in [-0.2, -0.15) is 0 Å². The van der Waals surface area contributed by atoms with Crippen molar-refractivity contribution in [2.24, 2.45) is 23.7 Å². The average molecular weight is 1320 g/mol. The molecule has 0 saturated carbocycles. The summed E-state index contributed by atoms with van der Waals surface area (Å²) in [4.78, 5) is 120. The normalized spacial score (nSPS) is 16.0. The summed E-state index contributed by atoms with van der Waals surface area (Å²) >= 11 is 0. The number of carbonyl (C=O) groups is 8. The number of benzene rings is 3. The van der Waals surface area contributed by atoms with Crippen LogP contribution >= 0.6 is 0 Å². The number of rotatable bonds is 43. The number of hydroxylamine groups is 1. The van der Waals surface area contributed by atoms with Crippen LogP contribution in [0.15, 0.2) is 72.8 Å². The Hall–Kier alpha value is -7.30. The number of likely N-dealkylation sites (N-methyl/N-ethyl adjacent to an activating group) is 2. The molecule has 0 aliphatic carbocycles. The van der Waals surface area contributed by atoms with Crippen molar-refractivity contribution in [3.05, 3.63) is 89.5 Å². The van der Waals surface area contributed by atoms with E-state index in [1.807, 2.05) is 90.9 Å². The molecule has 524 valence electrons. The zero-order valence-electron chi connectivity index (χ0n) is 57.5. The molecule has 26 nitrogen and oxygen atoms in total. The second-order valence-corrected chi connectivity index (χ2v) is 24.8. The van der Waals surface area contributed by atoms with Crippen LogP contribution in [0.5, 0.6) is 0 Å². The molecule has 94 heavy (non-hydrogen) atoms. The molecule has 26 heteroatoms. The molecule has 10 N–H and O–H groups in total. The van der Waals surface area contributed by atoms with E-state index in [-0.39, 0.29) is 86.4 Å². The SMILES string of the molecule is CCC(C)C(C(CC(=O)N1CCCC1C(OC)C(C)C(=O)NC(Cc1ccccc1)C(=O)NOCc1ccc(NC(=O)C(C)NC(=O)CCOCCOCCOCCOCCNC(=O)c2ccc(N)c(N)c2)cc1)OC)N(C)C(=O)C(NC(=O)C(C(C)C)N(C)C)C(C)C. The van der Waals surface area contributed by atoms with Gasteiger partial charge in [-0.25, -0.2) is 5.48 Å². The van der Waals surface area contributed by atoms with E-state index in [1.54, 1.807) is 67.1 Å². The van der Waals surface area contributed by atoms with Gasteiger partial charge in [-0.05, 0) is 93.1 Å². The van der Waals surface area contributed by atoms with Crippen molar-refractivity contribution >= 4 is 64.3 Å². The number of ether oxygens (including phenoxy) is 6. The van der Waals surface area contributed by atoms with Crippen LogP contribution in [0.4, 0.5) is 17.1 Å². The maximum absolute atomic E-state index is 14.6. The minimum absolute atomic E-state index is 0.00304. The fourth-order valence-corrected chi connectivity index (χ4v) is 11.3. The lowest BCUT2D eigenvalue weighted by Gasteiger charge is -2.41. The van der Waals surface area contributed by atoms with E-state index < -0.39 is 72.1 Å². The average Bonchev–Trinajstić information content (AvgIpc) is 1.42. The zero-order chi connectivity index (χ0) is 69.4. The molecule has 1 fully saturated rings. The third-order valence-electron chi connectivity index (χ3n) is 16.7. The van der Waals surface area contributed by atoms with Crippen molar-refractivity contribution in [2.45, 2.75) is 149 Å². The summed E-state index contributed by atoms with van der Waals surface area (Å²) in [5.74, 6) is -4.02. The van der Waals surface area contributed by atoms with E-state index >= 15 is 0 Å². The van der Waals surface area contributed by atoms with Crippen LogP contribution < -0.4 is 43.5 Å². The van der Waals surface area contributed by atoms with Crippen LogP contribution in [0.1, 0.15) is 109 Å². The number of nitrogen functional groups attached to an aromatic ring is 2. The summed E-state index contributed by atoms with van der Waals surface area (Å²) in [6.07, 6.45) is 0.561.